The second kappa shape index (κ2) is 9.15. The van der Waals surface area contributed by atoms with Gasteiger partial charge in [-0.15, -0.1) is 4.40 Å². The Bertz CT molecular complexity index is 1530. The zero-order valence-electron chi connectivity index (χ0n) is 18.8. The molecule has 0 atom stereocenters. The number of benzene rings is 3. The third-order valence-electron chi connectivity index (χ3n) is 5.61. The highest BCUT2D eigenvalue weighted by Gasteiger charge is 2.32. The predicted molar refractivity (Wildman–Crippen MR) is 133 cm³/mol. The van der Waals surface area contributed by atoms with Gasteiger partial charge in [-0.1, -0.05) is 48.0 Å². The second-order valence-corrected chi connectivity index (χ2v) is 9.62. The molecule has 0 fully saturated rings. The number of pyridine rings is 1. The quantitative estimate of drug-likeness (QED) is 0.300. The molecular weight excluding hydrogens is 462 g/mol. The third-order valence-corrected chi connectivity index (χ3v) is 6.94. The van der Waals surface area contributed by atoms with Crippen LogP contribution in [0.5, 0.6) is 5.75 Å². The first kappa shape index (κ1) is 22.5. The highest BCUT2D eigenvalue weighted by Crippen LogP contribution is 2.32. The van der Waals surface area contributed by atoms with Crippen LogP contribution in [0.4, 0.5) is 5.69 Å². The van der Waals surface area contributed by atoms with E-state index in [4.69, 9.17) is 4.74 Å². The third kappa shape index (κ3) is 4.56. The number of sulfonamides is 1. The topological polar surface area (TPSA) is 88.9 Å². The zero-order valence-corrected chi connectivity index (χ0v) is 19.6. The molecule has 0 amide bonds. The van der Waals surface area contributed by atoms with Crippen LogP contribution >= 0.6 is 0 Å². The Morgan fingerprint density at radius 2 is 1.66 bits per heavy atom. The lowest BCUT2D eigenvalue weighted by molar-refractivity contribution is 0.0732. The number of anilines is 1. The number of nitrogens with zero attached hydrogens (tertiary/aromatic N) is 3. The van der Waals surface area contributed by atoms with Crippen LogP contribution in [-0.4, -0.2) is 25.2 Å². The number of para-hydroxylation sites is 1. The summed E-state index contributed by atoms with van der Waals surface area (Å²) in [5, 5.41) is 0. The molecule has 1 aromatic heterocycles. The molecular formula is C27H21N3O4S. The monoisotopic (exact) mass is 483 g/mol. The summed E-state index contributed by atoms with van der Waals surface area (Å²) in [6.45, 7) is 2.20. The molecule has 1 aliphatic heterocycles. The summed E-state index contributed by atoms with van der Waals surface area (Å²) in [6, 6.07) is 24.9. The van der Waals surface area contributed by atoms with E-state index in [1.807, 2.05) is 48.2 Å². The number of aromatic nitrogens is 1. The molecule has 0 aliphatic carbocycles. The Kier molecular flexibility index (Phi) is 5.88. The van der Waals surface area contributed by atoms with Crippen molar-refractivity contribution in [1.82, 2.24) is 4.98 Å². The first-order valence-electron chi connectivity index (χ1n) is 10.9. The minimum Gasteiger partial charge on any atom is -0.423 e. The average Bonchev–Trinajstić information content (AvgIpc) is 3.15. The number of fused-ring (bicyclic) bond motifs is 1. The minimum atomic E-state index is -3.82. The summed E-state index contributed by atoms with van der Waals surface area (Å²) in [7, 11) is -3.82. The van der Waals surface area contributed by atoms with Gasteiger partial charge < -0.3 is 9.64 Å². The molecule has 0 saturated carbocycles. The molecule has 4 aromatic rings. The first-order chi connectivity index (χ1) is 16.9. The molecule has 0 saturated heterocycles. The Balaban J connectivity index is 1.56. The van der Waals surface area contributed by atoms with Crippen LogP contribution in [0.15, 0.2) is 107 Å². The van der Waals surface area contributed by atoms with Gasteiger partial charge in [0.05, 0.1) is 12.1 Å². The molecule has 0 spiro atoms. The number of rotatable bonds is 5. The number of esters is 1. The molecule has 0 N–H and O–H groups in total. The van der Waals surface area contributed by atoms with Crippen molar-refractivity contribution in [3.63, 3.8) is 0 Å². The van der Waals surface area contributed by atoms with E-state index >= 15 is 0 Å². The molecule has 5 rings (SSSR count). The van der Waals surface area contributed by atoms with Crippen molar-refractivity contribution < 1.29 is 17.9 Å². The predicted octanol–water partition coefficient (Wildman–Crippen LogP) is 4.76. The molecule has 0 unspecified atom stereocenters. The van der Waals surface area contributed by atoms with Gasteiger partial charge >= 0.3 is 5.97 Å². The van der Waals surface area contributed by atoms with Crippen molar-refractivity contribution >= 4 is 27.5 Å². The summed E-state index contributed by atoms with van der Waals surface area (Å²) in [4.78, 5) is 18.6. The van der Waals surface area contributed by atoms with Crippen LogP contribution in [0, 0.1) is 6.92 Å². The maximum absolute atomic E-state index is 12.8. The molecule has 2 heterocycles. The Morgan fingerprint density at radius 3 is 2.43 bits per heavy atom. The molecule has 1 aliphatic rings. The summed E-state index contributed by atoms with van der Waals surface area (Å²) in [6.07, 6.45) is 3.02. The molecule has 0 bridgehead atoms. The van der Waals surface area contributed by atoms with Crippen molar-refractivity contribution in [2.75, 3.05) is 4.90 Å². The van der Waals surface area contributed by atoms with Crippen molar-refractivity contribution in [3.05, 3.63) is 120 Å². The van der Waals surface area contributed by atoms with Crippen LogP contribution in [-0.2, 0) is 16.6 Å². The van der Waals surface area contributed by atoms with Gasteiger partial charge in [0.1, 0.15) is 10.6 Å². The van der Waals surface area contributed by atoms with E-state index in [1.54, 1.807) is 54.7 Å². The number of hydrogen-bond donors (Lipinski definition) is 0. The molecule has 8 heteroatoms. The van der Waals surface area contributed by atoms with Gasteiger partial charge in [0.25, 0.3) is 10.0 Å². The number of carbonyl (C=O) groups excluding carboxylic acids is 1. The molecule has 0 radical (unpaired) electrons. The fraction of sp³-hybridized carbons (Fsp3) is 0.0741. The number of amidine groups is 1. The molecule has 7 nitrogen and oxygen atoms in total. The summed E-state index contributed by atoms with van der Waals surface area (Å²) < 4.78 is 35.4. The van der Waals surface area contributed by atoms with Crippen molar-refractivity contribution in [2.24, 2.45) is 4.40 Å². The SMILES string of the molecule is Cc1ccc(N(Cc2ccccc2OC(=O)c2cccnc2)C2=NS(=O)(=O)c3ccccc32)cc1. The summed E-state index contributed by atoms with van der Waals surface area (Å²) >= 11 is 0. The maximum Gasteiger partial charge on any atom is 0.345 e. The van der Waals surface area contributed by atoms with Crippen molar-refractivity contribution in [2.45, 2.75) is 18.4 Å². The highest BCUT2D eigenvalue weighted by molar-refractivity contribution is 7.90. The van der Waals surface area contributed by atoms with Gasteiger partial charge in [0.2, 0.25) is 0 Å². The van der Waals surface area contributed by atoms with Crippen molar-refractivity contribution in [3.8, 4) is 5.75 Å². The molecule has 174 valence electrons. The van der Waals surface area contributed by atoms with Crippen LogP contribution in [0.1, 0.15) is 27.0 Å². The normalized spacial score (nSPS) is 13.6. The average molecular weight is 484 g/mol. The molecule has 3 aromatic carbocycles. The Morgan fingerprint density at radius 1 is 0.914 bits per heavy atom. The van der Waals surface area contributed by atoms with E-state index in [0.29, 0.717) is 28.3 Å². The maximum atomic E-state index is 12.8. The van der Waals surface area contributed by atoms with Crippen molar-refractivity contribution in [1.29, 1.82) is 0 Å². The van der Waals surface area contributed by atoms with E-state index in [-0.39, 0.29) is 11.4 Å². The van der Waals surface area contributed by atoms with E-state index in [2.05, 4.69) is 9.38 Å². The van der Waals surface area contributed by atoms with Gasteiger partial charge in [0, 0.05) is 29.2 Å². The lowest BCUT2D eigenvalue weighted by Crippen LogP contribution is -2.30. The van der Waals surface area contributed by atoms with E-state index in [1.165, 1.54) is 6.20 Å². The Labute approximate surface area is 203 Å². The van der Waals surface area contributed by atoms with E-state index in [9.17, 15) is 13.2 Å². The lowest BCUT2D eigenvalue weighted by atomic mass is 10.1. The number of hydrogen-bond acceptors (Lipinski definition) is 6. The van der Waals surface area contributed by atoms with E-state index < -0.39 is 16.0 Å². The van der Waals surface area contributed by atoms with Crippen LogP contribution < -0.4 is 9.64 Å². The number of carbonyl (C=O) groups is 1. The number of ether oxygens (including phenoxy) is 1. The van der Waals surface area contributed by atoms with Gasteiger partial charge in [0.15, 0.2) is 5.84 Å². The summed E-state index contributed by atoms with van der Waals surface area (Å²) in [5.74, 6) is 0.157. The van der Waals surface area contributed by atoms with E-state index in [0.717, 1.165) is 11.3 Å². The molecule has 35 heavy (non-hydrogen) atoms. The first-order valence-corrected chi connectivity index (χ1v) is 12.3. The fourth-order valence-electron chi connectivity index (χ4n) is 3.84. The van der Waals surface area contributed by atoms with Crippen LogP contribution in [0.25, 0.3) is 0 Å². The minimum absolute atomic E-state index is 0.170. The lowest BCUT2D eigenvalue weighted by Gasteiger charge is -2.26. The van der Waals surface area contributed by atoms with Gasteiger partial charge in [-0.3, -0.25) is 4.98 Å². The highest BCUT2D eigenvalue weighted by atomic mass is 32.2. The summed E-state index contributed by atoms with van der Waals surface area (Å²) in [5.41, 5.74) is 3.38. The van der Waals surface area contributed by atoms with Gasteiger partial charge in [-0.05, 0) is 49.4 Å². The zero-order chi connectivity index (χ0) is 24.4. The largest absolute Gasteiger partial charge is 0.423 e. The number of aryl methyl sites for hydroxylation is 1. The fourth-order valence-corrected chi connectivity index (χ4v) is 5.05. The Hall–Kier alpha value is -4.30. The van der Waals surface area contributed by atoms with Crippen LogP contribution in [0.2, 0.25) is 0 Å². The van der Waals surface area contributed by atoms with Gasteiger partial charge in [-0.2, -0.15) is 8.42 Å². The second-order valence-electron chi connectivity index (χ2n) is 8.05. The smallest absolute Gasteiger partial charge is 0.345 e. The standard InChI is InChI=1S/C27H21N3O4S/c1-19-12-14-22(15-13-19)30(26-23-9-3-5-11-25(23)35(32,33)29-26)18-21-7-2-4-10-24(21)34-27(31)20-8-6-16-28-17-20/h2-17H,18H2,1H3. The van der Waals surface area contributed by atoms with Crippen LogP contribution in [0.3, 0.4) is 0 Å². The van der Waals surface area contributed by atoms with Gasteiger partial charge in [-0.25, -0.2) is 4.79 Å².